The standard InChI is InChI=1S/C17H28N2O2/c1-5-9-18-14(3)15-7-6-8-16(11-15)19-17(20)10-13(2)12-21-4/h6-8,11,13-14,18H,5,9-10,12H2,1-4H3,(H,19,20). The smallest absolute Gasteiger partial charge is 0.224 e. The zero-order valence-electron chi connectivity index (χ0n) is 13.6. The second-order valence-electron chi connectivity index (χ2n) is 5.61. The summed E-state index contributed by atoms with van der Waals surface area (Å²) in [6.07, 6.45) is 1.58. The molecule has 0 saturated carbocycles. The number of amides is 1. The van der Waals surface area contributed by atoms with Crippen LogP contribution in [-0.2, 0) is 9.53 Å². The Labute approximate surface area is 128 Å². The number of anilines is 1. The van der Waals surface area contributed by atoms with Gasteiger partial charge in [0.1, 0.15) is 0 Å². The molecule has 118 valence electrons. The lowest BCUT2D eigenvalue weighted by Gasteiger charge is -2.15. The van der Waals surface area contributed by atoms with Crippen molar-refractivity contribution in [2.75, 3.05) is 25.6 Å². The van der Waals surface area contributed by atoms with Gasteiger partial charge in [0.15, 0.2) is 0 Å². The number of rotatable bonds is 9. The number of carbonyl (C=O) groups excluding carboxylic acids is 1. The van der Waals surface area contributed by atoms with Gasteiger partial charge < -0.3 is 15.4 Å². The maximum Gasteiger partial charge on any atom is 0.224 e. The van der Waals surface area contributed by atoms with Crippen molar-refractivity contribution in [2.45, 2.75) is 39.7 Å². The van der Waals surface area contributed by atoms with E-state index < -0.39 is 0 Å². The second-order valence-corrected chi connectivity index (χ2v) is 5.61. The average molecular weight is 292 g/mol. The van der Waals surface area contributed by atoms with E-state index in [1.807, 2.05) is 25.1 Å². The van der Waals surface area contributed by atoms with Crippen LogP contribution in [0.3, 0.4) is 0 Å². The number of carbonyl (C=O) groups is 1. The van der Waals surface area contributed by atoms with Crippen LogP contribution in [0.5, 0.6) is 0 Å². The lowest BCUT2D eigenvalue weighted by molar-refractivity contribution is -0.117. The Morgan fingerprint density at radius 1 is 1.33 bits per heavy atom. The summed E-state index contributed by atoms with van der Waals surface area (Å²) in [5.74, 6) is 0.259. The van der Waals surface area contributed by atoms with E-state index in [9.17, 15) is 4.79 Å². The normalized spacial score (nSPS) is 13.7. The van der Waals surface area contributed by atoms with Gasteiger partial charge in [-0.1, -0.05) is 26.0 Å². The molecule has 1 aromatic carbocycles. The maximum absolute atomic E-state index is 12.0. The largest absolute Gasteiger partial charge is 0.384 e. The van der Waals surface area contributed by atoms with E-state index in [1.54, 1.807) is 7.11 Å². The molecular weight excluding hydrogens is 264 g/mol. The first-order valence-corrected chi connectivity index (χ1v) is 7.69. The molecule has 4 nitrogen and oxygen atoms in total. The lowest BCUT2D eigenvalue weighted by Crippen LogP contribution is -2.20. The summed E-state index contributed by atoms with van der Waals surface area (Å²) < 4.78 is 5.05. The highest BCUT2D eigenvalue weighted by Crippen LogP contribution is 2.18. The lowest BCUT2D eigenvalue weighted by atomic mass is 10.1. The van der Waals surface area contributed by atoms with Gasteiger partial charge in [-0.3, -0.25) is 4.79 Å². The van der Waals surface area contributed by atoms with Gasteiger partial charge in [-0.15, -0.1) is 0 Å². The number of methoxy groups -OCH3 is 1. The Morgan fingerprint density at radius 2 is 2.10 bits per heavy atom. The van der Waals surface area contributed by atoms with Crippen LogP contribution in [0, 0.1) is 5.92 Å². The van der Waals surface area contributed by atoms with Crippen molar-refractivity contribution in [3.63, 3.8) is 0 Å². The molecule has 0 aliphatic carbocycles. The van der Waals surface area contributed by atoms with Crippen molar-refractivity contribution in [1.82, 2.24) is 5.32 Å². The second kappa shape index (κ2) is 9.53. The SMILES string of the molecule is CCCNC(C)c1cccc(NC(=O)CC(C)COC)c1. The monoisotopic (exact) mass is 292 g/mol. The van der Waals surface area contributed by atoms with Crippen molar-refractivity contribution in [3.05, 3.63) is 29.8 Å². The van der Waals surface area contributed by atoms with E-state index in [0.717, 1.165) is 18.7 Å². The van der Waals surface area contributed by atoms with Crippen molar-refractivity contribution < 1.29 is 9.53 Å². The van der Waals surface area contributed by atoms with Gasteiger partial charge in [0.25, 0.3) is 0 Å². The molecule has 4 heteroatoms. The molecule has 0 heterocycles. The molecule has 0 fully saturated rings. The summed E-state index contributed by atoms with van der Waals surface area (Å²) >= 11 is 0. The van der Waals surface area contributed by atoms with E-state index in [1.165, 1.54) is 5.56 Å². The first kappa shape index (κ1) is 17.7. The van der Waals surface area contributed by atoms with Crippen LogP contribution in [0.2, 0.25) is 0 Å². The van der Waals surface area contributed by atoms with E-state index in [2.05, 4.69) is 30.5 Å². The Balaban J connectivity index is 2.57. The van der Waals surface area contributed by atoms with Crippen molar-refractivity contribution in [2.24, 2.45) is 5.92 Å². The van der Waals surface area contributed by atoms with E-state index in [4.69, 9.17) is 4.74 Å². The summed E-state index contributed by atoms with van der Waals surface area (Å²) in [5, 5.41) is 6.41. The third-order valence-electron chi connectivity index (χ3n) is 3.36. The highest BCUT2D eigenvalue weighted by atomic mass is 16.5. The zero-order valence-corrected chi connectivity index (χ0v) is 13.6. The molecule has 1 rings (SSSR count). The number of benzene rings is 1. The average Bonchev–Trinajstić information content (AvgIpc) is 2.45. The first-order chi connectivity index (χ1) is 10.1. The Morgan fingerprint density at radius 3 is 2.76 bits per heavy atom. The van der Waals surface area contributed by atoms with Gasteiger partial charge in [0, 0.05) is 31.9 Å². The van der Waals surface area contributed by atoms with Crippen LogP contribution in [0.4, 0.5) is 5.69 Å². The highest BCUT2D eigenvalue weighted by Gasteiger charge is 2.10. The first-order valence-electron chi connectivity index (χ1n) is 7.69. The van der Waals surface area contributed by atoms with Crippen LogP contribution in [0.25, 0.3) is 0 Å². The number of nitrogens with one attached hydrogen (secondary N) is 2. The van der Waals surface area contributed by atoms with E-state index >= 15 is 0 Å². The van der Waals surface area contributed by atoms with Gasteiger partial charge in [0.05, 0.1) is 0 Å². The molecule has 21 heavy (non-hydrogen) atoms. The quantitative estimate of drug-likeness (QED) is 0.734. The predicted molar refractivity (Wildman–Crippen MR) is 87.4 cm³/mol. The summed E-state index contributed by atoms with van der Waals surface area (Å²) in [5.41, 5.74) is 2.04. The topological polar surface area (TPSA) is 50.4 Å². The van der Waals surface area contributed by atoms with Crippen LogP contribution < -0.4 is 10.6 Å². The Bertz CT molecular complexity index is 435. The van der Waals surface area contributed by atoms with Gasteiger partial charge >= 0.3 is 0 Å². The van der Waals surface area contributed by atoms with Gasteiger partial charge in [-0.25, -0.2) is 0 Å². The molecule has 0 bridgehead atoms. The van der Waals surface area contributed by atoms with Crippen molar-refractivity contribution >= 4 is 11.6 Å². The van der Waals surface area contributed by atoms with Crippen LogP contribution in [0.1, 0.15) is 45.2 Å². The van der Waals surface area contributed by atoms with Crippen molar-refractivity contribution in [1.29, 1.82) is 0 Å². The van der Waals surface area contributed by atoms with Crippen LogP contribution in [0.15, 0.2) is 24.3 Å². The molecule has 2 atom stereocenters. The summed E-state index contributed by atoms with van der Waals surface area (Å²) in [6, 6.07) is 8.31. The molecule has 0 aliphatic rings. The van der Waals surface area contributed by atoms with Crippen molar-refractivity contribution in [3.8, 4) is 0 Å². The Hall–Kier alpha value is -1.39. The number of ether oxygens (including phenoxy) is 1. The molecular formula is C17H28N2O2. The van der Waals surface area contributed by atoms with E-state index in [-0.39, 0.29) is 17.9 Å². The van der Waals surface area contributed by atoms with Gasteiger partial charge in [0.2, 0.25) is 5.91 Å². The third-order valence-corrected chi connectivity index (χ3v) is 3.36. The summed E-state index contributed by atoms with van der Waals surface area (Å²) in [4.78, 5) is 12.0. The molecule has 1 aromatic rings. The van der Waals surface area contributed by atoms with Gasteiger partial charge in [-0.2, -0.15) is 0 Å². The number of hydrogen-bond donors (Lipinski definition) is 2. The fourth-order valence-corrected chi connectivity index (χ4v) is 2.24. The minimum absolute atomic E-state index is 0.0332. The molecule has 1 amide bonds. The minimum atomic E-state index is 0.0332. The van der Waals surface area contributed by atoms with Crippen LogP contribution in [-0.4, -0.2) is 26.2 Å². The minimum Gasteiger partial charge on any atom is -0.384 e. The third kappa shape index (κ3) is 6.74. The molecule has 2 unspecified atom stereocenters. The molecule has 0 spiro atoms. The molecule has 0 aliphatic heterocycles. The molecule has 0 radical (unpaired) electrons. The van der Waals surface area contributed by atoms with E-state index in [0.29, 0.717) is 13.0 Å². The maximum atomic E-state index is 12.0. The predicted octanol–water partition coefficient (Wildman–Crippen LogP) is 3.36. The van der Waals surface area contributed by atoms with Gasteiger partial charge in [-0.05, 0) is 43.5 Å². The molecule has 0 aromatic heterocycles. The molecule has 0 saturated heterocycles. The fourth-order valence-electron chi connectivity index (χ4n) is 2.24. The Kier molecular flexibility index (Phi) is 8.01. The fraction of sp³-hybridized carbons (Fsp3) is 0.588. The molecule has 2 N–H and O–H groups in total. The summed E-state index contributed by atoms with van der Waals surface area (Å²) in [7, 11) is 1.66. The summed E-state index contributed by atoms with van der Waals surface area (Å²) in [6.45, 7) is 7.89. The number of hydrogen-bond acceptors (Lipinski definition) is 3. The van der Waals surface area contributed by atoms with Crippen LogP contribution >= 0.6 is 0 Å². The zero-order chi connectivity index (χ0) is 15.7. The highest BCUT2D eigenvalue weighted by molar-refractivity contribution is 5.90.